The number of nitrogens with one attached hydrogen (secondary N) is 2. The average Bonchev–Trinajstić information content (AvgIpc) is 3.09. The van der Waals surface area contributed by atoms with Crippen LogP contribution in [0.3, 0.4) is 0 Å². The second kappa shape index (κ2) is 9.07. The molecule has 0 spiro atoms. The smallest absolute Gasteiger partial charge is 0.220 e. The number of benzene rings is 2. The van der Waals surface area contributed by atoms with Crippen LogP contribution in [-0.4, -0.2) is 43.0 Å². The molecule has 0 aliphatic rings. The lowest BCUT2D eigenvalue weighted by molar-refractivity contribution is -0.121. The molecule has 1 aromatic heterocycles. The topological polar surface area (TPSA) is 48.1 Å². The molecule has 148 valence electrons. The maximum absolute atomic E-state index is 12.7. The Balaban J connectivity index is 1.94. The number of aromatic nitrogens is 1. The molecule has 0 radical (unpaired) electrons. The van der Waals surface area contributed by atoms with Crippen LogP contribution in [0.25, 0.3) is 10.9 Å². The van der Waals surface area contributed by atoms with Gasteiger partial charge in [-0.2, -0.15) is 0 Å². The second-order valence-corrected chi connectivity index (χ2v) is 7.76. The molecule has 4 nitrogen and oxygen atoms in total. The Morgan fingerprint density at radius 2 is 1.96 bits per heavy atom. The van der Waals surface area contributed by atoms with Gasteiger partial charge in [0.05, 0.1) is 0 Å². The molecule has 2 N–H and O–H groups in total. The molecule has 3 rings (SSSR count). The van der Waals surface area contributed by atoms with Crippen molar-refractivity contribution in [2.24, 2.45) is 0 Å². The van der Waals surface area contributed by atoms with Crippen LogP contribution in [0.15, 0.2) is 48.7 Å². The molecule has 1 heterocycles. The van der Waals surface area contributed by atoms with E-state index in [4.69, 9.17) is 0 Å². The summed E-state index contributed by atoms with van der Waals surface area (Å²) in [5.41, 5.74) is 6.08. The molecule has 28 heavy (non-hydrogen) atoms. The lowest BCUT2D eigenvalue weighted by Gasteiger charge is -2.18. The third kappa shape index (κ3) is 4.63. The Morgan fingerprint density at radius 1 is 1.18 bits per heavy atom. The zero-order chi connectivity index (χ0) is 20.1. The molecule has 0 aliphatic carbocycles. The standard InChI is InChI=1S/C24H31N3O/c1-5-18-9-7-11-20-22(16-26-24(18)20)21(19-10-6-8-17(2)14-19)15-23(28)25-12-13-27(3)4/h6-11,14,16,21,26H,5,12-13,15H2,1-4H3,(H,25,28). The van der Waals surface area contributed by atoms with Gasteiger partial charge >= 0.3 is 0 Å². The molecule has 1 unspecified atom stereocenters. The first-order valence-corrected chi connectivity index (χ1v) is 10.1. The first kappa shape index (κ1) is 20.2. The number of aromatic amines is 1. The van der Waals surface area contributed by atoms with Crippen LogP contribution in [-0.2, 0) is 11.2 Å². The Kier molecular flexibility index (Phi) is 6.53. The van der Waals surface area contributed by atoms with E-state index in [2.05, 4.69) is 77.7 Å². The van der Waals surface area contributed by atoms with Crippen LogP contribution in [0.2, 0.25) is 0 Å². The van der Waals surface area contributed by atoms with Crippen molar-refractivity contribution in [2.75, 3.05) is 27.2 Å². The zero-order valence-electron chi connectivity index (χ0n) is 17.4. The minimum Gasteiger partial charge on any atom is -0.361 e. The van der Waals surface area contributed by atoms with Gasteiger partial charge in [-0.05, 0) is 44.1 Å². The molecule has 0 bridgehead atoms. The van der Waals surface area contributed by atoms with E-state index >= 15 is 0 Å². The number of rotatable bonds is 8. The number of hydrogen-bond donors (Lipinski definition) is 2. The van der Waals surface area contributed by atoms with Gasteiger partial charge in [0.15, 0.2) is 0 Å². The summed E-state index contributed by atoms with van der Waals surface area (Å²) in [5, 5.41) is 4.29. The first-order valence-electron chi connectivity index (χ1n) is 10.1. The largest absolute Gasteiger partial charge is 0.361 e. The van der Waals surface area contributed by atoms with E-state index in [-0.39, 0.29) is 11.8 Å². The molecule has 1 amide bonds. The molecular formula is C24H31N3O. The van der Waals surface area contributed by atoms with Crippen molar-refractivity contribution >= 4 is 16.8 Å². The third-order valence-corrected chi connectivity index (χ3v) is 5.31. The number of fused-ring (bicyclic) bond motifs is 1. The van der Waals surface area contributed by atoms with Crippen molar-refractivity contribution in [3.8, 4) is 0 Å². The molecule has 3 aromatic rings. The molecule has 0 saturated carbocycles. The Morgan fingerprint density at radius 3 is 2.68 bits per heavy atom. The van der Waals surface area contributed by atoms with E-state index in [1.165, 1.54) is 33.2 Å². The molecule has 2 aromatic carbocycles. The molecule has 0 fully saturated rings. The fourth-order valence-electron chi connectivity index (χ4n) is 3.79. The van der Waals surface area contributed by atoms with Crippen molar-refractivity contribution in [3.05, 3.63) is 70.9 Å². The van der Waals surface area contributed by atoms with Gasteiger partial charge in [0, 0.05) is 42.5 Å². The minimum absolute atomic E-state index is 0.0279. The number of likely N-dealkylation sites (N-methyl/N-ethyl adjacent to an activating group) is 1. The number of para-hydroxylation sites is 1. The number of hydrogen-bond acceptors (Lipinski definition) is 2. The van der Waals surface area contributed by atoms with Crippen molar-refractivity contribution in [2.45, 2.75) is 32.6 Å². The minimum atomic E-state index is 0.0279. The van der Waals surface area contributed by atoms with Crippen molar-refractivity contribution in [3.63, 3.8) is 0 Å². The fourth-order valence-corrected chi connectivity index (χ4v) is 3.79. The summed E-state index contributed by atoms with van der Waals surface area (Å²) < 4.78 is 0. The third-order valence-electron chi connectivity index (χ3n) is 5.31. The van der Waals surface area contributed by atoms with E-state index in [9.17, 15) is 4.79 Å². The summed E-state index contributed by atoms with van der Waals surface area (Å²) in [6.07, 6.45) is 3.52. The predicted molar refractivity (Wildman–Crippen MR) is 117 cm³/mol. The summed E-state index contributed by atoms with van der Waals surface area (Å²) >= 11 is 0. The van der Waals surface area contributed by atoms with Gasteiger partial charge in [-0.1, -0.05) is 55.0 Å². The average molecular weight is 378 g/mol. The van der Waals surface area contributed by atoms with E-state index in [0.29, 0.717) is 13.0 Å². The van der Waals surface area contributed by atoms with Gasteiger partial charge in [-0.3, -0.25) is 4.79 Å². The van der Waals surface area contributed by atoms with E-state index in [1.807, 2.05) is 14.1 Å². The number of aryl methyl sites for hydroxylation is 2. The maximum Gasteiger partial charge on any atom is 0.220 e. The first-order chi connectivity index (χ1) is 13.5. The molecule has 0 aliphatic heterocycles. The van der Waals surface area contributed by atoms with E-state index < -0.39 is 0 Å². The highest BCUT2D eigenvalue weighted by atomic mass is 16.1. The SMILES string of the molecule is CCc1cccc2c(C(CC(=O)NCCN(C)C)c3cccc(C)c3)c[nH]c12. The quantitative estimate of drug-likeness (QED) is 0.617. The van der Waals surface area contributed by atoms with Crippen LogP contribution in [0, 0.1) is 6.92 Å². The zero-order valence-corrected chi connectivity index (χ0v) is 17.4. The normalized spacial score (nSPS) is 12.5. The number of H-pyrrole nitrogens is 1. The van der Waals surface area contributed by atoms with E-state index in [1.54, 1.807) is 0 Å². The lowest BCUT2D eigenvalue weighted by Crippen LogP contribution is -2.32. The van der Waals surface area contributed by atoms with Gasteiger partial charge in [0.2, 0.25) is 5.91 Å². The number of carbonyl (C=O) groups excluding carboxylic acids is 1. The highest BCUT2D eigenvalue weighted by Crippen LogP contribution is 2.34. The lowest BCUT2D eigenvalue weighted by atomic mass is 9.87. The van der Waals surface area contributed by atoms with Gasteiger partial charge in [-0.15, -0.1) is 0 Å². The number of amides is 1. The van der Waals surface area contributed by atoms with Crippen LogP contribution in [0.1, 0.15) is 41.5 Å². The highest BCUT2D eigenvalue weighted by molar-refractivity contribution is 5.88. The second-order valence-electron chi connectivity index (χ2n) is 7.76. The van der Waals surface area contributed by atoms with Gasteiger partial charge in [0.25, 0.3) is 0 Å². The maximum atomic E-state index is 12.7. The van der Waals surface area contributed by atoms with Gasteiger partial charge in [0.1, 0.15) is 0 Å². The van der Waals surface area contributed by atoms with Crippen molar-refractivity contribution in [1.29, 1.82) is 0 Å². The van der Waals surface area contributed by atoms with Crippen LogP contribution in [0.4, 0.5) is 0 Å². The highest BCUT2D eigenvalue weighted by Gasteiger charge is 2.22. The van der Waals surface area contributed by atoms with Crippen LogP contribution in [0.5, 0.6) is 0 Å². The summed E-state index contributed by atoms with van der Waals surface area (Å²) in [7, 11) is 4.03. The summed E-state index contributed by atoms with van der Waals surface area (Å²) in [5.74, 6) is 0.120. The Hall–Kier alpha value is -2.59. The van der Waals surface area contributed by atoms with Crippen LogP contribution >= 0.6 is 0 Å². The molecule has 1 atom stereocenters. The summed E-state index contributed by atoms with van der Waals surface area (Å²) in [6, 6.07) is 14.9. The molecular weight excluding hydrogens is 346 g/mol. The molecule has 4 heteroatoms. The fraction of sp³-hybridized carbons (Fsp3) is 0.375. The predicted octanol–water partition coefficient (Wildman–Crippen LogP) is 4.24. The summed E-state index contributed by atoms with van der Waals surface area (Å²) in [6.45, 7) is 5.78. The monoisotopic (exact) mass is 377 g/mol. The molecule has 0 saturated heterocycles. The van der Waals surface area contributed by atoms with Gasteiger partial charge in [-0.25, -0.2) is 0 Å². The van der Waals surface area contributed by atoms with Crippen molar-refractivity contribution in [1.82, 2.24) is 15.2 Å². The Bertz CT molecular complexity index is 942. The number of carbonyl (C=O) groups is 1. The van der Waals surface area contributed by atoms with E-state index in [0.717, 1.165) is 13.0 Å². The summed E-state index contributed by atoms with van der Waals surface area (Å²) in [4.78, 5) is 18.2. The Labute approximate surface area is 167 Å². The number of nitrogens with zero attached hydrogens (tertiary/aromatic N) is 1. The van der Waals surface area contributed by atoms with Crippen molar-refractivity contribution < 1.29 is 4.79 Å². The van der Waals surface area contributed by atoms with Crippen LogP contribution < -0.4 is 5.32 Å². The van der Waals surface area contributed by atoms with Gasteiger partial charge < -0.3 is 15.2 Å².